The van der Waals surface area contributed by atoms with Crippen molar-refractivity contribution in [1.29, 1.82) is 0 Å². The van der Waals surface area contributed by atoms with Gasteiger partial charge >= 0.3 is 0 Å². The number of hydroxylamine groups is 1. The van der Waals surface area contributed by atoms with Gasteiger partial charge in [-0.2, -0.15) is 0 Å². The van der Waals surface area contributed by atoms with Crippen molar-refractivity contribution in [3.63, 3.8) is 0 Å². The maximum Gasteiger partial charge on any atom is 0.213 e. The zero-order chi connectivity index (χ0) is 9.68. The topological polar surface area (TPSA) is 70.6 Å². The van der Waals surface area contributed by atoms with E-state index in [2.05, 4.69) is 4.99 Å². The fourth-order valence-corrected chi connectivity index (χ4v) is 0.802. The van der Waals surface area contributed by atoms with Crippen LogP contribution in [0.4, 0.5) is 4.39 Å². The van der Waals surface area contributed by atoms with E-state index in [4.69, 9.17) is 10.9 Å². The molecule has 4 N–H and O–H groups in total. The third kappa shape index (κ3) is 3.08. The average Bonchev–Trinajstić information content (AvgIpc) is 2.16. The van der Waals surface area contributed by atoms with Gasteiger partial charge in [0.2, 0.25) is 5.96 Å². The molecule has 0 atom stereocenters. The molecule has 0 unspecified atom stereocenters. The van der Waals surface area contributed by atoms with Gasteiger partial charge in [0.05, 0.1) is 6.54 Å². The lowest BCUT2D eigenvalue weighted by Gasteiger charge is -1.98. The van der Waals surface area contributed by atoms with Gasteiger partial charge in [-0.15, -0.1) is 0 Å². The SMILES string of the molecule is NC(=NCc1ccc(F)cc1)NO. The molecule has 0 aliphatic rings. The predicted octanol–water partition coefficient (Wildman–Crippen LogP) is 0.619. The van der Waals surface area contributed by atoms with Crippen molar-refractivity contribution in [1.82, 2.24) is 5.48 Å². The zero-order valence-electron chi connectivity index (χ0n) is 6.87. The normalized spacial score (nSPS) is 11.4. The van der Waals surface area contributed by atoms with Crippen LogP contribution in [-0.2, 0) is 6.54 Å². The second-order valence-corrected chi connectivity index (χ2v) is 2.44. The van der Waals surface area contributed by atoms with E-state index in [1.54, 1.807) is 17.6 Å². The Morgan fingerprint density at radius 2 is 2.08 bits per heavy atom. The molecule has 4 nitrogen and oxygen atoms in total. The molecule has 70 valence electrons. The second-order valence-electron chi connectivity index (χ2n) is 2.44. The number of hydrogen-bond donors (Lipinski definition) is 3. The van der Waals surface area contributed by atoms with Crippen LogP contribution in [-0.4, -0.2) is 11.2 Å². The molecule has 0 amide bonds. The third-order valence-corrected chi connectivity index (χ3v) is 1.46. The minimum atomic E-state index is -0.291. The first-order valence-electron chi connectivity index (χ1n) is 3.67. The van der Waals surface area contributed by atoms with E-state index in [9.17, 15) is 4.39 Å². The molecule has 1 aromatic rings. The van der Waals surface area contributed by atoms with Crippen LogP contribution in [0, 0.1) is 5.82 Å². The molecule has 0 aliphatic carbocycles. The Kier molecular flexibility index (Phi) is 3.22. The molecule has 5 heteroatoms. The van der Waals surface area contributed by atoms with Crippen molar-refractivity contribution < 1.29 is 9.60 Å². The molecular weight excluding hydrogens is 173 g/mol. The molecule has 0 bridgehead atoms. The number of nitrogens with zero attached hydrogens (tertiary/aromatic N) is 1. The Bertz CT molecular complexity index is 297. The van der Waals surface area contributed by atoms with Gasteiger partial charge in [0.1, 0.15) is 5.82 Å². The van der Waals surface area contributed by atoms with Gasteiger partial charge in [0.15, 0.2) is 0 Å². The van der Waals surface area contributed by atoms with Gasteiger partial charge in [0.25, 0.3) is 0 Å². The van der Waals surface area contributed by atoms with E-state index >= 15 is 0 Å². The molecule has 0 saturated heterocycles. The van der Waals surface area contributed by atoms with E-state index in [1.165, 1.54) is 12.1 Å². The molecule has 0 saturated carbocycles. The van der Waals surface area contributed by atoms with E-state index in [0.717, 1.165) is 5.56 Å². The van der Waals surface area contributed by atoms with Crippen LogP contribution in [0.25, 0.3) is 0 Å². The van der Waals surface area contributed by atoms with Crippen LogP contribution in [0.3, 0.4) is 0 Å². The molecule has 0 radical (unpaired) electrons. The van der Waals surface area contributed by atoms with Crippen molar-refractivity contribution in [2.45, 2.75) is 6.54 Å². The number of benzene rings is 1. The fourth-order valence-electron chi connectivity index (χ4n) is 0.802. The lowest BCUT2D eigenvalue weighted by Crippen LogP contribution is -2.28. The maximum absolute atomic E-state index is 12.4. The first-order chi connectivity index (χ1) is 6.22. The Morgan fingerprint density at radius 1 is 1.46 bits per heavy atom. The largest absolute Gasteiger partial charge is 0.368 e. The van der Waals surface area contributed by atoms with E-state index in [-0.39, 0.29) is 11.8 Å². The fraction of sp³-hybridized carbons (Fsp3) is 0.125. The molecular formula is C8H10FN3O. The minimum absolute atomic E-state index is 0.0654. The van der Waals surface area contributed by atoms with Crippen molar-refractivity contribution in [2.75, 3.05) is 0 Å². The molecule has 1 aromatic carbocycles. The van der Waals surface area contributed by atoms with Crippen LogP contribution in [0.5, 0.6) is 0 Å². The van der Waals surface area contributed by atoms with Crippen molar-refractivity contribution in [3.05, 3.63) is 35.6 Å². The quantitative estimate of drug-likeness (QED) is 0.357. The van der Waals surface area contributed by atoms with Crippen LogP contribution in [0.1, 0.15) is 5.56 Å². The summed E-state index contributed by atoms with van der Waals surface area (Å²) in [6.07, 6.45) is 0. The Hall–Kier alpha value is -1.62. The standard InChI is InChI=1S/C8H10FN3O/c9-7-3-1-6(2-4-7)5-11-8(10)12-13/h1-4,13H,5H2,(H3,10,11,12). The molecule has 13 heavy (non-hydrogen) atoms. The highest BCUT2D eigenvalue weighted by atomic mass is 19.1. The number of aliphatic imine (C=N–C) groups is 1. The van der Waals surface area contributed by atoms with E-state index in [1.807, 2.05) is 0 Å². The average molecular weight is 183 g/mol. The highest BCUT2D eigenvalue weighted by Gasteiger charge is 1.92. The summed E-state index contributed by atoms with van der Waals surface area (Å²) in [5.74, 6) is -0.356. The van der Waals surface area contributed by atoms with Crippen molar-refractivity contribution in [2.24, 2.45) is 10.7 Å². The number of hydrogen-bond acceptors (Lipinski definition) is 2. The van der Waals surface area contributed by atoms with Crippen LogP contribution >= 0.6 is 0 Å². The molecule has 0 aliphatic heterocycles. The summed E-state index contributed by atoms with van der Waals surface area (Å²) in [6, 6.07) is 5.88. The third-order valence-electron chi connectivity index (χ3n) is 1.46. The number of nitrogens with one attached hydrogen (secondary N) is 1. The van der Waals surface area contributed by atoms with E-state index < -0.39 is 0 Å². The summed E-state index contributed by atoms with van der Waals surface area (Å²) in [6.45, 7) is 0.305. The molecule has 0 spiro atoms. The summed E-state index contributed by atoms with van der Waals surface area (Å²) in [5.41, 5.74) is 7.68. The lowest BCUT2D eigenvalue weighted by molar-refractivity contribution is 0.232. The van der Waals surface area contributed by atoms with Crippen LogP contribution in [0.2, 0.25) is 0 Å². The van der Waals surface area contributed by atoms with Crippen LogP contribution in [0.15, 0.2) is 29.3 Å². The van der Waals surface area contributed by atoms with Gasteiger partial charge in [-0.25, -0.2) is 14.9 Å². The maximum atomic E-state index is 12.4. The summed E-state index contributed by atoms with van der Waals surface area (Å²) < 4.78 is 12.4. The lowest BCUT2D eigenvalue weighted by atomic mass is 10.2. The first kappa shape index (κ1) is 9.47. The van der Waals surface area contributed by atoms with Crippen molar-refractivity contribution in [3.8, 4) is 0 Å². The van der Waals surface area contributed by atoms with E-state index in [0.29, 0.717) is 6.54 Å². The van der Waals surface area contributed by atoms with Gasteiger partial charge in [-0.3, -0.25) is 5.21 Å². The van der Waals surface area contributed by atoms with Crippen LogP contribution < -0.4 is 11.2 Å². The number of nitrogens with two attached hydrogens (primary N) is 1. The predicted molar refractivity (Wildman–Crippen MR) is 46.6 cm³/mol. The molecule has 0 heterocycles. The summed E-state index contributed by atoms with van der Waals surface area (Å²) in [4.78, 5) is 3.75. The van der Waals surface area contributed by atoms with Crippen molar-refractivity contribution >= 4 is 5.96 Å². The smallest absolute Gasteiger partial charge is 0.213 e. The zero-order valence-corrected chi connectivity index (χ0v) is 6.87. The highest BCUT2D eigenvalue weighted by Crippen LogP contribution is 2.03. The van der Waals surface area contributed by atoms with Gasteiger partial charge in [0, 0.05) is 0 Å². The summed E-state index contributed by atoms with van der Waals surface area (Å²) in [5, 5.41) is 8.29. The minimum Gasteiger partial charge on any atom is -0.368 e. The van der Waals surface area contributed by atoms with Gasteiger partial charge in [-0.1, -0.05) is 12.1 Å². The highest BCUT2D eigenvalue weighted by molar-refractivity contribution is 5.76. The molecule has 1 rings (SSSR count). The Morgan fingerprint density at radius 3 is 2.62 bits per heavy atom. The molecule has 0 aromatic heterocycles. The Balaban J connectivity index is 2.60. The molecule has 0 fully saturated rings. The first-order valence-corrected chi connectivity index (χ1v) is 3.67. The van der Waals surface area contributed by atoms with Gasteiger partial charge in [-0.05, 0) is 17.7 Å². The van der Waals surface area contributed by atoms with Gasteiger partial charge < -0.3 is 5.73 Å². The summed E-state index contributed by atoms with van der Waals surface area (Å²) >= 11 is 0. The number of guanidine groups is 1. The Labute approximate surface area is 74.9 Å². The summed E-state index contributed by atoms with van der Waals surface area (Å²) in [7, 11) is 0. The monoisotopic (exact) mass is 183 g/mol. The second kappa shape index (κ2) is 4.42. The number of halogens is 1. The number of rotatable bonds is 2.